The molecule has 110 valence electrons. The molecule has 0 saturated carbocycles. The summed E-state index contributed by atoms with van der Waals surface area (Å²) in [4.78, 5) is 5.71. The van der Waals surface area contributed by atoms with Crippen molar-refractivity contribution in [2.24, 2.45) is 7.05 Å². The average Bonchev–Trinajstić information content (AvgIpc) is 3.10. The van der Waals surface area contributed by atoms with E-state index in [9.17, 15) is 0 Å². The van der Waals surface area contributed by atoms with Crippen molar-refractivity contribution in [3.63, 3.8) is 0 Å². The first-order valence-corrected chi connectivity index (χ1v) is 7.51. The van der Waals surface area contributed by atoms with Crippen LogP contribution in [0.1, 0.15) is 16.7 Å². The van der Waals surface area contributed by atoms with Crippen molar-refractivity contribution in [1.82, 2.24) is 14.9 Å². The Morgan fingerprint density at radius 2 is 2.30 bits per heavy atom. The normalized spacial score (nSPS) is 12.7. The van der Waals surface area contributed by atoms with E-state index in [1.165, 1.54) is 4.88 Å². The summed E-state index contributed by atoms with van der Waals surface area (Å²) < 4.78 is 12.5. The number of thiophene rings is 1. The number of hydrogen-bond donors (Lipinski definition) is 1. The van der Waals surface area contributed by atoms with E-state index in [0.717, 1.165) is 12.4 Å². The molecule has 0 aliphatic rings. The van der Waals surface area contributed by atoms with Crippen molar-refractivity contribution in [2.75, 3.05) is 33.5 Å². The number of hydrogen-bond acceptors (Lipinski definition) is 5. The lowest BCUT2D eigenvalue weighted by molar-refractivity contribution is 0.0713. The molecular weight excluding hydrogens is 274 g/mol. The summed E-state index contributed by atoms with van der Waals surface area (Å²) in [6.07, 6.45) is 3.79. The van der Waals surface area contributed by atoms with Crippen LogP contribution in [0.5, 0.6) is 0 Å². The van der Waals surface area contributed by atoms with Crippen molar-refractivity contribution in [1.29, 1.82) is 0 Å². The van der Waals surface area contributed by atoms with Crippen molar-refractivity contribution >= 4 is 11.3 Å². The minimum absolute atomic E-state index is 0.112. The van der Waals surface area contributed by atoms with Crippen LogP contribution in [-0.4, -0.2) is 43.0 Å². The molecule has 0 aromatic carbocycles. The summed E-state index contributed by atoms with van der Waals surface area (Å²) in [7, 11) is 3.69. The Morgan fingerprint density at radius 1 is 1.40 bits per heavy atom. The molecule has 1 unspecified atom stereocenters. The third-order valence-electron chi connectivity index (χ3n) is 2.97. The summed E-state index contributed by atoms with van der Waals surface area (Å²) in [5.74, 6) is 1.02. The zero-order valence-corrected chi connectivity index (χ0v) is 12.7. The van der Waals surface area contributed by atoms with E-state index in [-0.39, 0.29) is 6.04 Å². The Kier molecular flexibility index (Phi) is 6.20. The maximum Gasteiger partial charge on any atom is 0.131 e. The molecule has 2 aromatic heterocycles. The molecule has 2 aromatic rings. The molecule has 0 radical (unpaired) electrons. The first-order chi connectivity index (χ1) is 9.83. The number of aromatic nitrogens is 2. The topological polar surface area (TPSA) is 48.3 Å². The van der Waals surface area contributed by atoms with Crippen molar-refractivity contribution in [3.8, 4) is 0 Å². The first-order valence-electron chi connectivity index (χ1n) is 6.63. The second-order valence-corrected chi connectivity index (χ2v) is 5.38. The maximum atomic E-state index is 5.48. The molecular formula is C14H21N3O2S. The Bertz CT molecular complexity index is 484. The van der Waals surface area contributed by atoms with Crippen LogP contribution >= 0.6 is 11.3 Å². The van der Waals surface area contributed by atoms with Gasteiger partial charge in [-0.1, -0.05) is 6.07 Å². The van der Waals surface area contributed by atoms with E-state index in [4.69, 9.17) is 9.47 Å². The molecule has 1 N–H and O–H groups in total. The predicted molar refractivity (Wildman–Crippen MR) is 80.1 cm³/mol. The molecule has 0 bridgehead atoms. The molecule has 0 spiro atoms. The molecule has 6 heteroatoms. The molecule has 2 heterocycles. The smallest absolute Gasteiger partial charge is 0.131 e. The zero-order chi connectivity index (χ0) is 14.2. The van der Waals surface area contributed by atoms with Gasteiger partial charge in [-0.15, -0.1) is 11.3 Å². The van der Waals surface area contributed by atoms with Gasteiger partial charge in [-0.3, -0.25) is 0 Å². The number of rotatable bonds is 9. The van der Waals surface area contributed by atoms with Crippen LogP contribution in [0, 0.1) is 0 Å². The van der Waals surface area contributed by atoms with Gasteiger partial charge >= 0.3 is 0 Å². The lowest BCUT2D eigenvalue weighted by Crippen LogP contribution is -2.28. The number of aryl methyl sites for hydroxylation is 1. The fourth-order valence-electron chi connectivity index (χ4n) is 1.95. The van der Waals surface area contributed by atoms with E-state index < -0.39 is 0 Å². The van der Waals surface area contributed by atoms with Crippen molar-refractivity contribution < 1.29 is 9.47 Å². The first kappa shape index (κ1) is 15.2. The third-order valence-corrected chi connectivity index (χ3v) is 3.91. The van der Waals surface area contributed by atoms with Gasteiger partial charge in [0.05, 0.1) is 19.8 Å². The van der Waals surface area contributed by atoms with Crippen LogP contribution in [0.4, 0.5) is 0 Å². The van der Waals surface area contributed by atoms with Gasteiger partial charge in [0.1, 0.15) is 11.9 Å². The highest BCUT2D eigenvalue weighted by molar-refractivity contribution is 7.10. The zero-order valence-electron chi connectivity index (χ0n) is 11.9. The van der Waals surface area contributed by atoms with Crippen LogP contribution in [0.15, 0.2) is 29.9 Å². The van der Waals surface area contributed by atoms with Crippen LogP contribution in [-0.2, 0) is 16.5 Å². The van der Waals surface area contributed by atoms with Gasteiger partial charge < -0.3 is 19.4 Å². The molecule has 0 aliphatic heterocycles. The molecule has 20 heavy (non-hydrogen) atoms. The summed E-state index contributed by atoms with van der Waals surface area (Å²) in [6.45, 7) is 2.70. The average molecular weight is 295 g/mol. The van der Waals surface area contributed by atoms with E-state index in [1.807, 2.05) is 24.0 Å². The van der Waals surface area contributed by atoms with Crippen LogP contribution in [0.2, 0.25) is 0 Å². The Morgan fingerprint density at radius 3 is 2.95 bits per heavy atom. The highest BCUT2D eigenvalue weighted by Crippen LogP contribution is 2.24. The van der Waals surface area contributed by atoms with Gasteiger partial charge in [0.25, 0.3) is 0 Å². The predicted octanol–water partition coefficient (Wildman–Crippen LogP) is 1.82. The summed E-state index contributed by atoms with van der Waals surface area (Å²) in [5.41, 5.74) is 0. The number of methoxy groups -OCH3 is 1. The standard InChI is InChI=1S/C14H21N3O2S/c1-17-7-5-16-14(17)13(12-4-3-11-20-12)15-6-8-19-10-9-18-2/h3-5,7,11,13,15H,6,8-10H2,1-2H3. The molecule has 5 nitrogen and oxygen atoms in total. The van der Waals surface area contributed by atoms with Crippen LogP contribution in [0.25, 0.3) is 0 Å². The molecule has 1 atom stereocenters. The Hall–Kier alpha value is -1.21. The maximum absolute atomic E-state index is 5.48. The van der Waals surface area contributed by atoms with Crippen LogP contribution in [0.3, 0.4) is 0 Å². The highest BCUT2D eigenvalue weighted by atomic mass is 32.1. The van der Waals surface area contributed by atoms with Gasteiger partial charge in [-0.2, -0.15) is 0 Å². The second kappa shape index (κ2) is 8.16. The summed E-state index contributed by atoms with van der Waals surface area (Å²) >= 11 is 1.73. The van der Waals surface area contributed by atoms with Gasteiger partial charge in [-0.05, 0) is 11.4 Å². The lowest BCUT2D eigenvalue weighted by Gasteiger charge is -2.17. The van der Waals surface area contributed by atoms with E-state index in [2.05, 4.69) is 27.8 Å². The number of nitrogens with one attached hydrogen (secondary N) is 1. The minimum Gasteiger partial charge on any atom is -0.382 e. The minimum atomic E-state index is 0.112. The van der Waals surface area contributed by atoms with E-state index >= 15 is 0 Å². The molecule has 0 saturated heterocycles. The van der Waals surface area contributed by atoms with Gasteiger partial charge in [-0.25, -0.2) is 4.98 Å². The highest BCUT2D eigenvalue weighted by Gasteiger charge is 2.18. The fraction of sp³-hybridized carbons (Fsp3) is 0.500. The van der Waals surface area contributed by atoms with Gasteiger partial charge in [0.2, 0.25) is 0 Å². The number of imidazole rings is 1. The number of nitrogens with zero attached hydrogens (tertiary/aromatic N) is 2. The van der Waals surface area contributed by atoms with Gasteiger partial charge in [0.15, 0.2) is 0 Å². The molecule has 2 rings (SSSR count). The summed E-state index contributed by atoms with van der Waals surface area (Å²) in [5, 5.41) is 5.59. The third kappa shape index (κ3) is 4.14. The monoisotopic (exact) mass is 295 g/mol. The molecule has 0 aliphatic carbocycles. The van der Waals surface area contributed by atoms with E-state index in [1.54, 1.807) is 18.4 Å². The van der Waals surface area contributed by atoms with E-state index in [0.29, 0.717) is 19.8 Å². The summed E-state index contributed by atoms with van der Waals surface area (Å²) in [6, 6.07) is 4.30. The SMILES string of the molecule is COCCOCCNC(c1cccs1)c1nccn1C. The molecule has 0 fully saturated rings. The quantitative estimate of drug-likeness (QED) is 0.717. The van der Waals surface area contributed by atoms with Crippen molar-refractivity contribution in [2.45, 2.75) is 6.04 Å². The Labute approximate surface area is 123 Å². The number of ether oxygens (including phenoxy) is 2. The van der Waals surface area contributed by atoms with Crippen LogP contribution < -0.4 is 5.32 Å². The van der Waals surface area contributed by atoms with Crippen molar-refractivity contribution in [3.05, 3.63) is 40.6 Å². The Balaban J connectivity index is 1.90. The van der Waals surface area contributed by atoms with Gasteiger partial charge in [0, 0.05) is 38.0 Å². The fourth-order valence-corrected chi connectivity index (χ4v) is 2.75. The largest absolute Gasteiger partial charge is 0.382 e. The molecule has 0 amide bonds. The second-order valence-electron chi connectivity index (χ2n) is 4.40. The lowest BCUT2D eigenvalue weighted by atomic mass is 10.2.